The number of nitrogens with one attached hydrogen (secondary N) is 1. The summed E-state index contributed by atoms with van der Waals surface area (Å²) in [5.41, 5.74) is 10.0. The van der Waals surface area contributed by atoms with Crippen LogP contribution in [0.15, 0.2) is 30.3 Å². The number of anilines is 3. The number of hydrogen-bond donors (Lipinski definition) is 2. The van der Waals surface area contributed by atoms with Crippen LogP contribution >= 0.6 is 11.3 Å². The van der Waals surface area contributed by atoms with Crippen molar-refractivity contribution >= 4 is 50.5 Å². The highest BCUT2D eigenvalue weighted by molar-refractivity contribution is 7.21. The number of ether oxygens (including phenoxy) is 2. The summed E-state index contributed by atoms with van der Waals surface area (Å²) in [6.07, 6.45) is 0. The van der Waals surface area contributed by atoms with Gasteiger partial charge in [-0.2, -0.15) is 0 Å². The second-order valence-electron chi connectivity index (χ2n) is 7.38. The third-order valence-corrected chi connectivity index (χ3v) is 6.15. The van der Waals surface area contributed by atoms with Crippen molar-refractivity contribution in [2.75, 3.05) is 48.9 Å². The predicted molar refractivity (Wildman–Crippen MR) is 122 cm³/mol. The molecule has 162 valence electrons. The quantitative estimate of drug-likeness (QED) is 0.587. The van der Waals surface area contributed by atoms with Gasteiger partial charge in [0.15, 0.2) is 6.61 Å². The van der Waals surface area contributed by atoms with Crippen molar-refractivity contribution in [1.82, 2.24) is 4.98 Å². The highest BCUT2D eigenvalue weighted by atomic mass is 32.1. The number of thiophene rings is 1. The molecule has 1 fully saturated rings. The van der Waals surface area contributed by atoms with Gasteiger partial charge >= 0.3 is 5.97 Å². The molecule has 1 amide bonds. The summed E-state index contributed by atoms with van der Waals surface area (Å²) in [5, 5.41) is 3.49. The fourth-order valence-corrected chi connectivity index (χ4v) is 4.70. The first-order valence-corrected chi connectivity index (χ1v) is 10.8. The zero-order valence-electron chi connectivity index (χ0n) is 17.4. The molecule has 8 nitrogen and oxygen atoms in total. The molecule has 0 radical (unpaired) electrons. The summed E-state index contributed by atoms with van der Waals surface area (Å²) < 4.78 is 10.6. The molecule has 1 aliphatic heterocycles. The molecule has 0 atom stereocenters. The number of benzene rings is 1. The molecule has 1 saturated heterocycles. The summed E-state index contributed by atoms with van der Waals surface area (Å²) in [6, 6.07) is 9.46. The molecule has 3 heterocycles. The van der Waals surface area contributed by atoms with Crippen molar-refractivity contribution in [1.29, 1.82) is 0 Å². The topological polar surface area (TPSA) is 107 Å². The standard InChI is InChI=1S/C22H24N4O4S/c1-13-11-14(2)24-21-18(13)19(23)20(31-21)22(28)30-12-17(27)25-15-3-5-16(6-4-15)26-7-9-29-10-8-26/h3-6,11H,7-10,12,23H2,1-2H3,(H,25,27). The Kier molecular flexibility index (Phi) is 6.06. The molecule has 9 heteroatoms. The molecule has 0 unspecified atom stereocenters. The Morgan fingerprint density at radius 3 is 2.65 bits per heavy atom. The number of nitrogens with zero attached hydrogens (tertiary/aromatic N) is 2. The average Bonchev–Trinajstić information content (AvgIpc) is 3.09. The van der Waals surface area contributed by atoms with E-state index in [1.807, 2.05) is 44.2 Å². The van der Waals surface area contributed by atoms with E-state index in [2.05, 4.69) is 15.2 Å². The van der Waals surface area contributed by atoms with Crippen LogP contribution in [0.4, 0.5) is 17.1 Å². The lowest BCUT2D eigenvalue weighted by Gasteiger charge is -2.28. The van der Waals surface area contributed by atoms with Gasteiger partial charge in [-0.15, -0.1) is 11.3 Å². The highest BCUT2D eigenvalue weighted by Crippen LogP contribution is 2.35. The Hall–Kier alpha value is -3.17. The second-order valence-corrected chi connectivity index (χ2v) is 8.38. The Balaban J connectivity index is 1.35. The van der Waals surface area contributed by atoms with Crippen LogP contribution < -0.4 is 16.0 Å². The van der Waals surface area contributed by atoms with E-state index in [0.29, 0.717) is 29.4 Å². The number of morpholine rings is 1. The first-order chi connectivity index (χ1) is 14.9. The minimum Gasteiger partial charge on any atom is -0.451 e. The van der Waals surface area contributed by atoms with Gasteiger partial charge in [-0.05, 0) is 49.7 Å². The van der Waals surface area contributed by atoms with Gasteiger partial charge in [0, 0.05) is 35.5 Å². The summed E-state index contributed by atoms with van der Waals surface area (Å²) in [7, 11) is 0. The molecule has 31 heavy (non-hydrogen) atoms. The van der Waals surface area contributed by atoms with E-state index in [1.165, 1.54) is 11.3 Å². The lowest BCUT2D eigenvalue weighted by Crippen LogP contribution is -2.36. The monoisotopic (exact) mass is 440 g/mol. The third kappa shape index (κ3) is 4.62. The number of hydrogen-bond acceptors (Lipinski definition) is 8. The molecule has 2 aromatic heterocycles. The van der Waals surface area contributed by atoms with Crippen LogP contribution in [-0.2, 0) is 14.3 Å². The number of aromatic nitrogens is 1. The molecule has 0 spiro atoms. The summed E-state index contributed by atoms with van der Waals surface area (Å²) in [5.74, 6) is -1.05. The maximum absolute atomic E-state index is 12.5. The SMILES string of the molecule is Cc1cc(C)c2c(N)c(C(=O)OCC(=O)Nc3ccc(N4CCOCC4)cc3)sc2n1. The number of nitrogens with two attached hydrogens (primary N) is 1. The largest absolute Gasteiger partial charge is 0.451 e. The minimum absolute atomic E-state index is 0.263. The van der Waals surface area contributed by atoms with Crippen molar-refractivity contribution in [3.05, 3.63) is 46.5 Å². The van der Waals surface area contributed by atoms with Crippen molar-refractivity contribution in [2.24, 2.45) is 0 Å². The van der Waals surface area contributed by atoms with E-state index in [1.54, 1.807) is 0 Å². The van der Waals surface area contributed by atoms with Crippen molar-refractivity contribution in [2.45, 2.75) is 13.8 Å². The number of pyridine rings is 1. The maximum atomic E-state index is 12.5. The lowest BCUT2D eigenvalue weighted by atomic mass is 10.1. The first-order valence-electron chi connectivity index (χ1n) is 9.98. The normalized spacial score (nSPS) is 13.9. The van der Waals surface area contributed by atoms with Crippen LogP contribution in [0.25, 0.3) is 10.2 Å². The van der Waals surface area contributed by atoms with E-state index < -0.39 is 18.5 Å². The minimum atomic E-state index is -0.629. The third-order valence-electron chi connectivity index (χ3n) is 5.07. The number of carbonyl (C=O) groups is 2. The summed E-state index contributed by atoms with van der Waals surface area (Å²) >= 11 is 1.18. The Morgan fingerprint density at radius 1 is 1.23 bits per heavy atom. The molecule has 3 N–H and O–H groups in total. The average molecular weight is 441 g/mol. The van der Waals surface area contributed by atoms with Gasteiger partial charge in [0.2, 0.25) is 0 Å². The van der Waals surface area contributed by atoms with Gasteiger partial charge in [0.05, 0.1) is 18.9 Å². The molecular weight excluding hydrogens is 416 g/mol. The first kappa shape index (κ1) is 21.1. The molecular formula is C22H24N4O4S. The van der Waals surface area contributed by atoms with Gasteiger partial charge in [-0.25, -0.2) is 9.78 Å². The predicted octanol–water partition coefficient (Wildman–Crippen LogP) is 3.13. The number of esters is 1. The van der Waals surface area contributed by atoms with Crippen LogP contribution in [0.5, 0.6) is 0 Å². The van der Waals surface area contributed by atoms with Crippen LogP contribution in [0, 0.1) is 13.8 Å². The van der Waals surface area contributed by atoms with E-state index >= 15 is 0 Å². The summed E-state index contributed by atoms with van der Waals surface area (Å²) in [6.45, 7) is 6.52. The number of rotatable bonds is 5. The fourth-order valence-electron chi connectivity index (χ4n) is 3.59. The van der Waals surface area contributed by atoms with Gasteiger partial charge in [0.1, 0.15) is 9.71 Å². The van der Waals surface area contributed by atoms with Crippen molar-refractivity contribution < 1.29 is 19.1 Å². The van der Waals surface area contributed by atoms with Gasteiger partial charge < -0.3 is 25.4 Å². The number of aryl methyl sites for hydroxylation is 2. The van der Waals surface area contributed by atoms with E-state index in [9.17, 15) is 9.59 Å². The Labute approximate surface area is 184 Å². The summed E-state index contributed by atoms with van der Waals surface area (Å²) in [4.78, 5) is 32.3. The smallest absolute Gasteiger partial charge is 0.351 e. The van der Waals surface area contributed by atoms with E-state index in [4.69, 9.17) is 15.2 Å². The number of nitrogen functional groups attached to an aromatic ring is 1. The van der Waals surface area contributed by atoms with Crippen molar-refractivity contribution in [3.63, 3.8) is 0 Å². The van der Waals surface area contributed by atoms with Crippen LogP contribution in [0.3, 0.4) is 0 Å². The van der Waals surface area contributed by atoms with Crippen molar-refractivity contribution in [3.8, 4) is 0 Å². The van der Waals surface area contributed by atoms with Gasteiger partial charge in [-0.3, -0.25) is 4.79 Å². The van der Waals surface area contributed by atoms with E-state index in [0.717, 1.165) is 35.4 Å². The molecule has 3 aromatic rings. The van der Waals surface area contributed by atoms with Crippen LogP contribution in [0.1, 0.15) is 20.9 Å². The molecule has 4 rings (SSSR count). The van der Waals surface area contributed by atoms with Crippen LogP contribution in [0.2, 0.25) is 0 Å². The number of amides is 1. The number of carbonyl (C=O) groups excluding carboxylic acids is 2. The van der Waals surface area contributed by atoms with Gasteiger partial charge in [0.25, 0.3) is 5.91 Å². The van der Waals surface area contributed by atoms with Gasteiger partial charge in [-0.1, -0.05) is 0 Å². The zero-order chi connectivity index (χ0) is 22.0. The van der Waals surface area contributed by atoms with Crippen LogP contribution in [-0.4, -0.2) is 49.8 Å². The molecule has 0 bridgehead atoms. The molecule has 1 aliphatic rings. The molecule has 1 aromatic carbocycles. The Morgan fingerprint density at radius 2 is 1.94 bits per heavy atom. The fraction of sp³-hybridized carbons (Fsp3) is 0.318. The maximum Gasteiger partial charge on any atom is 0.351 e. The van der Waals surface area contributed by atoms with E-state index in [-0.39, 0.29) is 4.88 Å². The zero-order valence-corrected chi connectivity index (χ0v) is 18.3. The molecule has 0 aliphatic carbocycles. The molecule has 0 saturated carbocycles. The Bertz CT molecular complexity index is 1120. The number of fused-ring (bicyclic) bond motifs is 1. The second kappa shape index (κ2) is 8.91. The lowest BCUT2D eigenvalue weighted by molar-refractivity contribution is -0.119. The highest BCUT2D eigenvalue weighted by Gasteiger charge is 2.21.